The van der Waals surface area contributed by atoms with Gasteiger partial charge in [-0.05, 0) is 18.2 Å². The molecule has 0 aliphatic heterocycles. The molecule has 5 nitrogen and oxygen atoms in total. The SMILES string of the molecule is Cn1cncc1CCNC(=O)c1cc2c(F)cc(Br)cc2[nH]1. The van der Waals surface area contributed by atoms with Crippen LogP contribution in [0.15, 0.2) is 35.2 Å². The van der Waals surface area contributed by atoms with Crippen molar-refractivity contribution in [3.63, 3.8) is 0 Å². The first kappa shape index (κ1) is 14.8. The van der Waals surface area contributed by atoms with Crippen LogP contribution in [0.2, 0.25) is 0 Å². The predicted octanol–water partition coefficient (Wildman–Crippen LogP) is 2.78. The third-order valence-electron chi connectivity index (χ3n) is 3.48. The smallest absolute Gasteiger partial charge is 0.267 e. The van der Waals surface area contributed by atoms with Gasteiger partial charge in [-0.1, -0.05) is 15.9 Å². The molecule has 0 saturated heterocycles. The van der Waals surface area contributed by atoms with Gasteiger partial charge in [0.25, 0.3) is 5.91 Å². The van der Waals surface area contributed by atoms with Gasteiger partial charge in [-0.3, -0.25) is 4.79 Å². The maximum atomic E-state index is 13.8. The van der Waals surface area contributed by atoms with Crippen molar-refractivity contribution in [2.75, 3.05) is 6.54 Å². The Morgan fingerprint density at radius 2 is 2.27 bits per heavy atom. The number of carbonyl (C=O) groups excluding carboxylic acids is 1. The van der Waals surface area contributed by atoms with E-state index < -0.39 is 0 Å². The molecule has 3 rings (SSSR count). The van der Waals surface area contributed by atoms with E-state index in [4.69, 9.17) is 0 Å². The summed E-state index contributed by atoms with van der Waals surface area (Å²) in [6.45, 7) is 0.486. The maximum Gasteiger partial charge on any atom is 0.267 e. The van der Waals surface area contributed by atoms with Gasteiger partial charge in [0.05, 0.1) is 11.8 Å². The molecule has 0 radical (unpaired) electrons. The molecule has 114 valence electrons. The Bertz CT molecular complexity index is 839. The zero-order valence-electron chi connectivity index (χ0n) is 11.9. The molecule has 2 heterocycles. The van der Waals surface area contributed by atoms with Gasteiger partial charge in [-0.2, -0.15) is 0 Å². The number of halogens is 2. The molecule has 0 aliphatic carbocycles. The minimum atomic E-state index is -0.366. The Balaban J connectivity index is 1.70. The molecule has 0 atom stereocenters. The van der Waals surface area contributed by atoms with Gasteiger partial charge in [0.2, 0.25) is 0 Å². The zero-order valence-corrected chi connectivity index (χ0v) is 13.4. The fourth-order valence-electron chi connectivity index (χ4n) is 2.31. The summed E-state index contributed by atoms with van der Waals surface area (Å²) in [5, 5.41) is 3.22. The van der Waals surface area contributed by atoms with Crippen LogP contribution in [0.5, 0.6) is 0 Å². The van der Waals surface area contributed by atoms with Gasteiger partial charge >= 0.3 is 0 Å². The van der Waals surface area contributed by atoms with Crippen molar-refractivity contribution < 1.29 is 9.18 Å². The van der Waals surface area contributed by atoms with Crippen molar-refractivity contribution in [3.8, 4) is 0 Å². The Morgan fingerprint density at radius 1 is 1.45 bits per heavy atom. The third kappa shape index (κ3) is 2.89. The predicted molar refractivity (Wildman–Crippen MR) is 85.2 cm³/mol. The van der Waals surface area contributed by atoms with Crippen LogP contribution in [0.3, 0.4) is 0 Å². The van der Waals surface area contributed by atoms with Gasteiger partial charge in [0.1, 0.15) is 11.5 Å². The van der Waals surface area contributed by atoms with Crippen LogP contribution in [-0.2, 0) is 13.5 Å². The van der Waals surface area contributed by atoms with Crippen molar-refractivity contribution in [2.45, 2.75) is 6.42 Å². The Kier molecular flexibility index (Phi) is 3.98. The number of H-pyrrole nitrogens is 1. The number of nitrogens with zero attached hydrogens (tertiary/aromatic N) is 2. The summed E-state index contributed by atoms with van der Waals surface area (Å²) in [4.78, 5) is 19.1. The number of nitrogens with one attached hydrogen (secondary N) is 2. The highest BCUT2D eigenvalue weighted by Crippen LogP contribution is 2.23. The van der Waals surface area contributed by atoms with Crippen molar-refractivity contribution in [3.05, 3.63) is 52.4 Å². The number of rotatable bonds is 4. The lowest BCUT2D eigenvalue weighted by molar-refractivity contribution is 0.0950. The number of aromatic nitrogens is 3. The van der Waals surface area contributed by atoms with Crippen LogP contribution >= 0.6 is 15.9 Å². The number of hydrogen-bond acceptors (Lipinski definition) is 2. The lowest BCUT2D eigenvalue weighted by atomic mass is 10.2. The number of aromatic amines is 1. The first-order valence-corrected chi connectivity index (χ1v) is 7.55. The summed E-state index contributed by atoms with van der Waals surface area (Å²) in [5.41, 5.74) is 1.97. The fraction of sp³-hybridized carbons (Fsp3) is 0.200. The molecule has 0 fully saturated rings. The molecule has 0 unspecified atom stereocenters. The van der Waals surface area contributed by atoms with Crippen LogP contribution in [0.25, 0.3) is 10.9 Å². The minimum Gasteiger partial charge on any atom is -0.350 e. The highest BCUT2D eigenvalue weighted by Gasteiger charge is 2.12. The summed E-state index contributed by atoms with van der Waals surface area (Å²) in [7, 11) is 1.91. The quantitative estimate of drug-likeness (QED) is 0.747. The average molecular weight is 365 g/mol. The summed E-state index contributed by atoms with van der Waals surface area (Å²) >= 11 is 3.23. The van der Waals surface area contributed by atoms with E-state index >= 15 is 0 Å². The number of amides is 1. The molecular weight excluding hydrogens is 351 g/mol. The second kappa shape index (κ2) is 5.92. The molecule has 22 heavy (non-hydrogen) atoms. The number of benzene rings is 1. The van der Waals surface area contributed by atoms with Gasteiger partial charge in [0.15, 0.2) is 0 Å². The first-order chi connectivity index (χ1) is 10.5. The molecular formula is C15H14BrFN4O. The highest BCUT2D eigenvalue weighted by atomic mass is 79.9. The molecule has 0 bridgehead atoms. The van der Waals surface area contributed by atoms with E-state index in [-0.39, 0.29) is 11.7 Å². The summed E-state index contributed by atoms with van der Waals surface area (Å²) < 4.78 is 16.3. The van der Waals surface area contributed by atoms with E-state index in [1.165, 1.54) is 12.1 Å². The summed E-state index contributed by atoms with van der Waals surface area (Å²) in [5.74, 6) is -0.622. The molecule has 0 spiro atoms. The number of imidazole rings is 1. The monoisotopic (exact) mass is 364 g/mol. The Hall–Kier alpha value is -2.15. The van der Waals surface area contributed by atoms with E-state index in [2.05, 4.69) is 31.2 Å². The van der Waals surface area contributed by atoms with E-state index in [1.54, 1.807) is 18.6 Å². The molecule has 2 aromatic heterocycles. The molecule has 0 saturated carbocycles. The van der Waals surface area contributed by atoms with Gasteiger partial charge in [-0.25, -0.2) is 9.37 Å². The van der Waals surface area contributed by atoms with Gasteiger partial charge in [-0.15, -0.1) is 0 Å². The third-order valence-corrected chi connectivity index (χ3v) is 3.94. The Morgan fingerprint density at radius 3 is 3.00 bits per heavy atom. The summed E-state index contributed by atoms with van der Waals surface area (Å²) in [6.07, 6.45) is 4.17. The van der Waals surface area contributed by atoms with E-state index in [9.17, 15) is 9.18 Å². The molecule has 1 amide bonds. The lowest BCUT2D eigenvalue weighted by Gasteiger charge is -2.04. The molecule has 1 aromatic carbocycles. The van der Waals surface area contributed by atoms with E-state index in [1.807, 2.05) is 11.6 Å². The average Bonchev–Trinajstić information content (AvgIpc) is 3.05. The van der Waals surface area contributed by atoms with Gasteiger partial charge < -0.3 is 14.9 Å². The Labute approximate surface area is 134 Å². The number of aryl methyl sites for hydroxylation is 1. The topological polar surface area (TPSA) is 62.7 Å². The fourth-order valence-corrected chi connectivity index (χ4v) is 2.74. The largest absolute Gasteiger partial charge is 0.350 e. The molecule has 2 N–H and O–H groups in total. The van der Waals surface area contributed by atoms with E-state index in [0.29, 0.717) is 34.0 Å². The first-order valence-electron chi connectivity index (χ1n) is 6.76. The van der Waals surface area contributed by atoms with Crippen LogP contribution in [-0.4, -0.2) is 27.0 Å². The minimum absolute atomic E-state index is 0.256. The van der Waals surface area contributed by atoms with Crippen molar-refractivity contribution >= 4 is 32.7 Å². The normalized spacial score (nSPS) is 11.0. The number of carbonyl (C=O) groups is 1. The zero-order chi connectivity index (χ0) is 15.7. The molecule has 3 aromatic rings. The van der Waals surface area contributed by atoms with Crippen LogP contribution in [0, 0.1) is 5.82 Å². The van der Waals surface area contributed by atoms with Gasteiger partial charge in [0, 0.05) is 41.8 Å². The number of hydrogen-bond donors (Lipinski definition) is 2. The number of fused-ring (bicyclic) bond motifs is 1. The second-order valence-electron chi connectivity index (χ2n) is 5.03. The highest BCUT2D eigenvalue weighted by molar-refractivity contribution is 9.10. The molecule has 7 heteroatoms. The maximum absolute atomic E-state index is 13.8. The van der Waals surface area contributed by atoms with Crippen molar-refractivity contribution in [1.82, 2.24) is 19.9 Å². The standard InChI is InChI=1S/C15H14BrFN4O/c1-21-8-18-7-10(21)2-3-19-15(22)14-6-11-12(17)4-9(16)5-13(11)20-14/h4-8,20H,2-3H2,1H3,(H,19,22). The van der Waals surface area contributed by atoms with Crippen molar-refractivity contribution in [2.24, 2.45) is 7.05 Å². The van der Waals surface area contributed by atoms with Crippen molar-refractivity contribution in [1.29, 1.82) is 0 Å². The summed E-state index contributed by atoms with van der Waals surface area (Å²) in [6, 6.07) is 4.64. The van der Waals surface area contributed by atoms with Crippen LogP contribution in [0.4, 0.5) is 4.39 Å². The lowest BCUT2D eigenvalue weighted by Crippen LogP contribution is -2.26. The van der Waals surface area contributed by atoms with Crippen LogP contribution < -0.4 is 5.32 Å². The second-order valence-corrected chi connectivity index (χ2v) is 5.95. The van der Waals surface area contributed by atoms with Crippen LogP contribution in [0.1, 0.15) is 16.2 Å². The molecule has 0 aliphatic rings. The van der Waals surface area contributed by atoms with E-state index in [0.717, 1.165) is 5.69 Å².